The van der Waals surface area contributed by atoms with Crippen LogP contribution in [0.4, 0.5) is 0 Å². The normalized spacial score (nSPS) is 11.6. The zero-order valence-corrected chi connectivity index (χ0v) is 12.2. The highest BCUT2D eigenvalue weighted by molar-refractivity contribution is 7.07. The molecular weight excluding hydrogens is 292 g/mol. The molecule has 112 valence electrons. The average Bonchev–Trinajstić information content (AvgIpc) is 2.91. The van der Waals surface area contributed by atoms with Crippen LogP contribution in [0.3, 0.4) is 0 Å². The molecule has 2 aromatic rings. The maximum atomic E-state index is 11.0. The van der Waals surface area contributed by atoms with Crippen molar-refractivity contribution in [3.8, 4) is 5.75 Å². The Balaban J connectivity index is 2.05. The first-order chi connectivity index (χ1) is 10.1. The van der Waals surface area contributed by atoms with Gasteiger partial charge in [-0.05, 0) is 17.7 Å². The Morgan fingerprint density at radius 1 is 1.52 bits per heavy atom. The molecule has 0 atom stereocenters. The summed E-state index contributed by atoms with van der Waals surface area (Å²) in [6.45, 7) is 1.14. The van der Waals surface area contributed by atoms with Crippen LogP contribution in [-0.4, -0.2) is 23.1 Å². The maximum Gasteiger partial charge on any atom is 0.304 e. The number of nitrogens with one attached hydrogen (secondary N) is 2. The van der Waals surface area contributed by atoms with Gasteiger partial charge < -0.3 is 26.0 Å². The molecule has 0 amide bonds. The first-order valence-corrected chi connectivity index (χ1v) is 7.04. The molecule has 2 rings (SSSR count). The number of ether oxygens (including phenoxy) is 1. The fourth-order valence-electron chi connectivity index (χ4n) is 1.86. The van der Waals surface area contributed by atoms with Gasteiger partial charge in [-0.3, -0.25) is 4.79 Å². The smallest absolute Gasteiger partial charge is 0.304 e. The number of nitrogens with zero attached hydrogens (tertiary/aromatic N) is 1. The van der Waals surface area contributed by atoms with E-state index in [2.05, 4.69) is 15.5 Å². The van der Waals surface area contributed by atoms with Gasteiger partial charge in [0.1, 0.15) is 5.75 Å². The summed E-state index contributed by atoms with van der Waals surface area (Å²) in [5.74, 6) is 0.534. The third kappa shape index (κ3) is 3.83. The minimum absolute atomic E-state index is 0.00383. The van der Waals surface area contributed by atoms with E-state index in [-0.39, 0.29) is 10.7 Å². The number of hydrogen-bond acceptors (Lipinski definition) is 6. The van der Waals surface area contributed by atoms with Gasteiger partial charge in [-0.2, -0.15) is 0 Å². The molecule has 21 heavy (non-hydrogen) atoms. The third-order valence-corrected chi connectivity index (χ3v) is 3.58. The Labute approximate surface area is 125 Å². The summed E-state index contributed by atoms with van der Waals surface area (Å²) in [7, 11) is 1.52. The van der Waals surface area contributed by atoms with Crippen molar-refractivity contribution in [1.82, 2.24) is 10.3 Å². The number of oxime groups is 1. The molecule has 5 N–H and O–H groups in total. The third-order valence-electron chi connectivity index (χ3n) is 2.86. The van der Waals surface area contributed by atoms with Gasteiger partial charge in [-0.25, -0.2) is 0 Å². The largest absolute Gasteiger partial charge is 0.496 e. The summed E-state index contributed by atoms with van der Waals surface area (Å²) in [6.07, 6.45) is 0. The van der Waals surface area contributed by atoms with Crippen LogP contribution in [0, 0.1) is 0 Å². The van der Waals surface area contributed by atoms with Gasteiger partial charge in [0.15, 0.2) is 5.84 Å². The molecule has 0 saturated carbocycles. The van der Waals surface area contributed by atoms with Gasteiger partial charge in [0.25, 0.3) is 0 Å². The second kappa shape index (κ2) is 6.91. The number of H-pyrrole nitrogens is 1. The predicted octanol–water partition coefficient (Wildman–Crippen LogP) is 0.829. The number of benzene rings is 1. The van der Waals surface area contributed by atoms with Gasteiger partial charge >= 0.3 is 4.87 Å². The van der Waals surface area contributed by atoms with Crippen LogP contribution in [0.25, 0.3) is 0 Å². The van der Waals surface area contributed by atoms with Crippen LogP contribution < -0.4 is 20.7 Å². The molecule has 0 aliphatic heterocycles. The van der Waals surface area contributed by atoms with E-state index in [4.69, 9.17) is 15.7 Å². The van der Waals surface area contributed by atoms with Crippen molar-refractivity contribution in [2.24, 2.45) is 10.9 Å². The molecule has 0 saturated heterocycles. The number of hydrogen-bond donors (Lipinski definition) is 4. The number of methoxy groups -OCH3 is 1. The van der Waals surface area contributed by atoms with Crippen LogP contribution in [0.15, 0.2) is 33.5 Å². The van der Waals surface area contributed by atoms with Gasteiger partial charge in [0.2, 0.25) is 0 Å². The molecule has 1 aromatic carbocycles. The Kier molecular flexibility index (Phi) is 4.96. The van der Waals surface area contributed by atoms with E-state index in [0.717, 1.165) is 22.6 Å². The van der Waals surface area contributed by atoms with Crippen molar-refractivity contribution in [2.75, 3.05) is 7.11 Å². The van der Waals surface area contributed by atoms with Gasteiger partial charge in [0, 0.05) is 24.2 Å². The van der Waals surface area contributed by atoms with E-state index in [1.807, 2.05) is 6.07 Å². The Morgan fingerprint density at radius 3 is 2.95 bits per heavy atom. The second-order valence-corrected chi connectivity index (χ2v) is 5.14. The minimum Gasteiger partial charge on any atom is -0.496 e. The lowest BCUT2D eigenvalue weighted by molar-refractivity contribution is 0.318. The molecule has 0 aliphatic rings. The van der Waals surface area contributed by atoms with Crippen LogP contribution >= 0.6 is 11.3 Å². The summed E-state index contributed by atoms with van der Waals surface area (Å²) >= 11 is 1.14. The van der Waals surface area contributed by atoms with Gasteiger partial charge in [-0.15, -0.1) is 0 Å². The molecule has 0 radical (unpaired) electrons. The summed E-state index contributed by atoms with van der Waals surface area (Å²) in [4.78, 5) is 13.7. The second-order valence-electron chi connectivity index (χ2n) is 4.30. The molecule has 0 aliphatic carbocycles. The number of thiazole rings is 1. The molecule has 1 heterocycles. The fraction of sp³-hybridized carbons (Fsp3) is 0.231. The summed E-state index contributed by atoms with van der Waals surface area (Å²) in [5, 5.41) is 16.8. The minimum atomic E-state index is -0.0644. The van der Waals surface area contributed by atoms with Crippen molar-refractivity contribution in [3.05, 3.63) is 50.1 Å². The molecule has 0 unspecified atom stereocenters. The zero-order chi connectivity index (χ0) is 15.2. The van der Waals surface area contributed by atoms with Crippen molar-refractivity contribution < 1.29 is 9.94 Å². The highest BCUT2D eigenvalue weighted by Gasteiger charge is 2.09. The molecule has 0 fully saturated rings. The number of aromatic nitrogens is 1. The first kappa shape index (κ1) is 15.1. The zero-order valence-electron chi connectivity index (χ0n) is 11.4. The Morgan fingerprint density at radius 2 is 2.33 bits per heavy atom. The molecule has 1 aromatic heterocycles. The van der Waals surface area contributed by atoms with Crippen LogP contribution in [0.5, 0.6) is 5.75 Å². The van der Waals surface area contributed by atoms with E-state index < -0.39 is 0 Å². The highest BCUT2D eigenvalue weighted by atomic mass is 32.1. The number of amidine groups is 1. The number of aromatic amines is 1. The van der Waals surface area contributed by atoms with E-state index >= 15 is 0 Å². The van der Waals surface area contributed by atoms with Crippen LogP contribution in [0.1, 0.15) is 16.8 Å². The average molecular weight is 308 g/mol. The summed E-state index contributed by atoms with van der Waals surface area (Å²) < 4.78 is 5.17. The lowest BCUT2D eigenvalue weighted by atomic mass is 10.1. The molecule has 0 bridgehead atoms. The van der Waals surface area contributed by atoms with Crippen molar-refractivity contribution >= 4 is 17.2 Å². The Bertz CT molecular complexity index is 693. The summed E-state index contributed by atoms with van der Waals surface area (Å²) in [6, 6.07) is 5.43. The predicted molar refractivity (Wildman–Crippen MR) is 81.0 cm³/mol. The van der Waals surface area contributed by atoms with E-state index in [1.165, 1.54) is 7.11 Å². The van der Waals surface area contributed by atoms with Crippen molar-refractivity contribution in [1.29, 1.82) is 0 Å². The summed E-state index contributed by atoms with van der Waals surface area (Å²) in [5.41, 5.74) is 7.95. The monoisotopic (exact) mass is 308 g/mol. The van der Waals surface area contributed by atoms with Crippen LogP contribution in [-0.2, 0) is 13.1 Å². The fourth-order valence-corrected chi connectivity index (χ4v) is 2.44. The number of rotatable bonds is 6. The van der Waals surface area contributed by atoms with Crippen LogP contribution in [0.2, 0.25) is 0 Å². The molecule has 0 spiro atoms. The first-order valence-electron chi connectivity index (χ1n) is 6.16. The van der Waals surface area contributed by atoms with E-state index in [0.29, 0.717) is 24.4 Å². The van der Waals surface area contributed by atoms with E-state index in [1.54, 1.807) is 17.5 Å². The highest BCUT2D eigenvalue weighted by Crippen LogP contribution is 2.19. The lowest BCUT2D eigenvalue weighted by Crippen LogP contribution is -2.17. The number of nitrogens with two attached hydrogens (primary N) is 1. The SMILES string of the molecule is COc1ccc(CNCc2csc(=O)[nH]2)cc1/C(N)=N/O. The quantitative estimate of drug-likeness (QED) is 0.273. The van der Waals surface area contributed by atoms with Gasteiger partial charge in [0.05, 0.1) is 12.7 Å². The maximum absolute atomic E-state index is 11.0. The molecule has 7 nitrogen and oxygen atoms in total. The van der Waals surface area contributed by atoms with Crippen molar-refractivity contribution in [3.63, 3.8) is 0 Å². The van der Waals surface area contributed by atoms with Crippen molar-refractivity contribution in [2.45, 2.75) is 13.1 Å². The Hall–Kier alpha value is -2.32. The topological polar surface area (TPSA) is 113 Å². The van der Waals surface area contributed by atoms with Gasteiger partial charge in [-0.1, -0.05) is 22.6 Å². The molecular formula is C13H16N4O3S. The lowest BCUT2D eigenvalue weighted by Gasteiger charge is -2.10. The standard InChI is InChI=1S/C13H16N4O3S/c1-20-11-3-2-8(4-10(11)12(14)17-19)5-15-6-9-7-21-13(18)16-9/h2-4,7,15,19H,5-6H2,1H3,(H2,14,17)(H,16,18). The molecule has 8 heteroatoms. The van der Waals surface area contributed by atoms with E-state index in [9.17, 15) is 4.79 Å².